The second kappa shape index (κ2) is 13.7. The maximum absolute atomic E-state index is 11.9. The molecule has 2 aliphatic rings. The second-order valence-corrected chi connectivity index (χ2v) is 13.2. The lowest BCUT2D eigenvalue weighted by molar-refractivity contribution is 0.0272. The van der Waals surface area contributed by atoms with E-state index in [0.29, 0.717) is 74.1 Å². The van der Waals surface area contributed by atoms with Gasteiger partial charge in [-0.2, -0.15) is 5.10 Å². The van der Waals surface area contributed by atoms with Gasteiger partial charge in [-0.05, 0) is 32.4 Å². The zero-order valence-corrected chi connectivity index (χ0v) is 27.9. The average molecular weight is 670 g/mol. The molecule has 7 heterocycles. The topological polar surface area (TPSA) is 176 Å². The van der Waals surface area contributed by atoms with Gasteiger partial charge >= 0.3 is 6.09 Å². The van der Waals surface area contributed by atoms with Crippen molar-refractivity contribution in [3.8, 4) is 11.3 Å². The number of pyridine rings is 1. The fourth-order valence-corrected chi connectivity index (χ4v) is 5.64. The van der Waals surface area contributed by atoms with Crippen LogP contribution in [0, 0.1) is 5.92 Å². The summed E-state index contributed by atoms with van der Waals surface area (Å²) in [5, 5.41) is 15.4. The monoisotopic (exact) mass is 669 g/mol. The van der Waals surface area contributed by atoms with Crippen LogP contribution in [0.15, 0.2) is 49.3 Å². The number of hydrogen-bond acceptors (Lipinski definition) is 14. The number of rotatable bonds is 10. The van der Waals surface area contributed by atoms with E-state index in [2.05, 4.69) is 55.4 Å². The number of aromatic nitrogens is 10. The third-order valence-corrected chi connectivity index (χ3v) is 8.05. The minimum atomic E-state index is -0.569. The molecule has 0 spiro atoms. The van der Waals surface area contributed by atoms with Crippen molar-refractivity contribution in [1.29, 1.82) is 0 Å². The van der Waals surface area contributed by atoms with Crippen molar-refractivity contribution < 1.29 is 19.0 Å². The molecule has 1 N–H and O–H groups in total. The molecule has 5 aromatic heterocycles. The van der Waals surface area contributed by atoms with Crippen LogP contribution in [0.5, 0.6) is 0 Å². The van der Waals surface area contributed by atoms with Crippen molar-refractivity contribution in [2.45, 2.75) is 45.6 Å². The molecule has 0 saturated carbocycles. The number of amides is 1. The quantitative estimate of drug-likeness (QED) is 0.230. The minimum absolute atomic E-state index is 0.138. The van der Waals surface area contributed by atoms with Crippen molar-refractivity contribution in [2.75, 3.05) is 54.5 Å². The Bertz CT molecular complexity index is 1880. The highest BCUT2D eigenvalue weighted by Gasteiger charge is 2.29. The first-order chi connectivity index (χ1) is 23.6. The number of fused-ring (bicyclic) bond motifs is 1. The van der Waals surface area contributed by atoms with E-state index in [1.54, 1.807) is 34.0 Å². The molecule has 2 aliphatic heterocycles. The van der Waals surface area contributed by atoms with Crippen molar-refractivity contribution in [3.05, 3.63) is 54.9 Å². The molecular formula is C32H39N13O4. The molecular weight excluding hydrogens is 630 g/mol. The Morgan fingerprint density at radius 3 is 2.59 bits per heavy atom. The van der Waals surface area contributed by atoms with Crippen LogP contribution in [0.4, 0.5) is 22.2 Å². The van der Waals surface area contributed by atoms with Crippen LogP contribution in [0.25, 0.3) is 22.6 Å². The molecule has 256 valence electrons. The molecule has 1 atom stereocenters. The van der Waals surface area contributed by atoms with E-state index in [4.69, 9.17) is 14.2 Å². The van der Waals surface area contributed by atoms with Gasteiger partial charge in [0.05, 0.1) is 68.6 Å². The summed E-state index contributed by atoms with van der Waals surface area (Å²) in [4.78, 5) is 39.1. The number of carbonyl (C=O) groups excluding carboxylic acids is 1. The molecule has 1 amide bonds. The predicted octanol–water partition coefficient (Wildman–Crippen LogP) is 2.71. The van der Waals surface area contributed by atoms with E-state index in [1.165, 1.54) is 0 Å². The molecule has 49 heavy (non-hydrogen) atoms. The van der Waals surface area contributed by atoms with Gasteiger partial charge in [-0.15, -0.1) is 5.10 Å². The number of nitrogens with zero attached hydrogens (tertiary/aromatic N) is 12. The maximum atomic E-state index is 11.9. The summed E-state index contributed by atoms with van der Waals surface area (Å²) in [5.74, 6) is 1.52. The van der Waals surface area contributed by atoms with Gasteiger partial charge < -0.3 is 24.0 Å². The van der Waals surface area contributed by atoms with Gasteiger partial charge in [0.15, 0.2) is 5.65 Å². The van der Waals surface area contributed by atoms with E-state index >= 15 is 0 Å². The third-order valence-electron chi connectivity index (χ3n) is 8.05. The first-order valence-corrected chi connectivity index (χ1v) is 16.2. The van der Waals surface area contributed by atoms with Gasteiger partial charge in [0.25, 0.3) is 0 Å². The highest BCUT2D eigenvalue weighted by molar-refractivity contribution is 5.83. The summed E-state index contributed by atoms with van der Waals surface area (Å²) in [7, 11) is 1.86. The Kier molecular flexibility index (Phi) is 9.01. The van der Waals surface area contributed by atoms with Crippen LogP contribution >= 0.6 is 0 Å². The maximum Gasteiger partial charge on any atom is 0.413 e. The number of ether oxygens (including phenoxy) is 3. The van der Waals surface area contributed by atoms with E-state index in [-0.39, 0.29) is 6.10 Å². The lowest BCUT2D eigenvalue weighted by atomic mass is 10.0. The smallest absolute Gasteiger partial charge is 0.413 e. The van der Waals surface area contributed by atoms with Gasteiger partial charge in [0.1, 0.15) is 11.4 Å². The van der Waals surface area contributed by atoms with Crippen LogP contribution in [-0.2, 0) is 34.4 Å². The van der Waals surface area contributed by atoms with E-state index < -0.39 is 11.7 Å². The standard InChI is InChI=1S/C32H39N13O4/c1-32(2,3)49-31(46)39-27-6-5-21(9-33-27)19-47-20-22-14-44(15-22)24-11-35-30(36-12-24)43-7-8-48-25(17-43)18-45-29-28(40-41-45)38-26(13-34-29)23-10-37-42(4)16-23/h5-6,9-13,16,22,25H,7-8,14-15,17-20H2,1-4H3,(H,33,39,46)/t25-/m0/s1. The minimum Gasteiger partial charge on any atom is -0.444 e. The Hall–Kier alpha value is -5.29. The number of hydrogen-bond donors (Lipinski definition) is 1. The number of anilines is 3. The lowest BCUT2D eigenvalue weighted by Crippen LogP contribution is -2.49. The van der Waals surface area contributed by atoms with Crippen LogP contribution < -0.4 is 15.1 Å². The number of nitrogens with one attached hydrogen (secondary N) is 1. The summed E-state index contributed by atoms with van der Waals surface area (Å²) >= 11 is 0. The fourth-order valence-electron chi connectivity index (χ4n) is 5.64. The summed E-state index contributed by atoms with van der Waals surface area (Å²) in [5.41, 5.74) is 4.00. The summed E-state index contributed by atoms with van der Waals surface area (Å²) in [6, 6.07) is 3.62. The predicted molar refractivity (Wildman–Crippen MR) is 179 cm³/mol. The number of morpholine rings is 1. The molecule has 17 heteroatoms. The van der Waals surface area contributed by atoms with Crippen LogP contribution in [0.2, 0.25) is 0 Å². The molecule has 0 radical (unpaired) electrons. The molecule has 2 saturated heterocycles. The second-order valence-electron chi connectivity index (χ2n) is 13.2. The van der Waals surface area contributed by atoms with Gasteiger partial charge in [-0.25, -0.2) is 34.4 Å². The van der Waals surface area contributed by atoms with Crippen molar-refractivity contribution in [2.24, 2.45) is 13.0 Å². The molecule has 2 fully saturated rings. The van der Waals surface area contributed by atoms with Gasteiger partial charge in [-0.3, -0.25) is 10.00 Å². The van der Waals surface area contributed by atoms with E-state index in [0.717, 1.165) is 29.9 Å². The van der Waals surface area contributed by atoms with Crippen molar-refractivity contribution in [3.63, 3.8) is 0 Å². The first kappa shape index (κ1) is 32.3. The molecule has 0 aromatic carbocycles. The average Bonchev–Trinajstić information content (AvgIpc) is 3.68. The zero-order chi connectivity index (χ0) is 34.0. The van der Waals surface area contributed by atoms with Crippen LogP contribution in [0.1, 0.15) is 26.3 Å². The number of carbonyl (C=O) groups is 1. The van der Waals surface area contributed by atoms with E-state index in [9.17, 15) is 4.79 Å². The van der Waals surface area contributed by atoms with Gasteiger partial charge in [0, 0.05) is 57.1 Å². The summed E-state index contributed by atoms with van der Waals surface area (Å²) in [6.07, 6.45) is 10.1. The molecule has 17 nitrogen and oxygen atoms in total. The highest BCUT2D eigenvalue weighted by atomic mass is 16.6. The third kappa shape index (κ3) is 7.89. The lowest BCUT2D eigenvalue weighted by Gasteiger charge is -2.40. The summed E-state index contributed by atoms with van der Waals surface area (Å²) < 4.78 is 20.7. The largest absolute Gasteiger partial charge is 0.444 e. The molecule has 0 unspecified atom stereocenters. The molecule has 0 bridgehead atoms. The molecule has 0 aliphatic carbocycles. The molecule has 5 aromatic rings. The molecule has 7 rings (SSSR count). The van der Waals surface area contributed by atoms with Crippen molar-refractivity contribution >= 4 is 34.8 Å². The van der Waals surface area contributed by atoms with Gasteiger partial charge in [-0.1, -0.05) is 11.3 Å². The zero-order valence-electron chi connectivity index (χ0n) is 27.9. The Balaban J connectivity index is 0.849. The Morgan fingerprint density at radius 1 is 1.02 bits per heavy atom. The normalized spacial score (nSPS) is 16.9. The fraction of sp³-hybridized carbons (Fsp3) is 0.469. The highest BCUT2D eigenvalue weighted by Crippen LogP contribution is 2.25. The first-order valence-electron chi connectivity index (χ1n) is 16.2. The van der Waals surface area contributed by atoms with Crippen LogP contribution in [-0.4, -0.2) is 107 Å². The van der Waals surface area contributed by atoms with E-state index in [1.807, 2.05) is 52.5 Å². The number of aryl methyl sites for hydroxylation is 1. The summed E-state index contributed by atoms with van der Waals surface area (Å²) in [6.45, 7) is 10.6. The van der Waals surface area contributed by atoms with Gasteiger partial charge in [0.2, 0.25) is 11.6 Å². The Labute approximate surface area is 282 Å². The van der Waals surface area contributed by atoms with Crippen LogP contribution in [0.3, 0.4) is 0 Å². The Morgan fingerprint density at radius 2 is 1.86 bits per heavy atom. The SMILES string of the molecule is Cn1cc(-c2cnc3c(nnn3C[C@@H]3CN(c4ncc(N5CC(COCc6ccc(NC(=O)OC(C)(C)C)nc6)C5)cn4)CCO3)n2)cn1. The van der Waals surface area contributed by atoms with Crippen molar-refractivity contribution in [1.82, 2.24) is 49.7 Å².